The van der Waals surface area contributed by atoms with Gasteiger partial charge in [0, 0.05) is 18.0 Å². The first-order chi connectivity index (χ1) is 9.99. The first-order valence-corrected chi connectivity index (χ1v) is 8.09. The van der Waals surface area contributed by atoms with Gasteiger partial charge >= 0.3 is 0 Å². The van der Waals surface area contributed by atoms with Gasteiger partial charge in [-0.15, -0.1) is 0 Å². The summed E-state index contributed by atoms with van der Waals surface area (Å²) in [6.07, 6.45) is 0.743. The number of hydrogen-bond donors (Lipinski definition) is 2. The lowest BCUT2D eigenvalue weighted by Crippen LogP contribution is -2.31. The number of halogens is 2. The third kappa shape index (κ3) is 3.31. The van der Waals surface area contributed by atoms with E-state index in [2.05, 4.69) is 39.4 Å². The number of aryl methyl sites for hydroxylation is 2. The molecule has 0 spiro atoms. The largest absolute Gasteiger partial charge is 0.271 e. The van der Waals surface area contributed by atoms with E-state index in [9.17, 15) is 0 Å². The van der Waals surface area contributed by atoms with Gasteiger partial charge in [0.15, 0.2) is 0 Å². The Hall–Kier alpha value is -0.880. The third-order valence-corrected chi connectivity index (χ3v) is 5.18. The van der Waals surface area contributed by atoms with Crippen LogP contribution >= 0.6 is 27.5 Å². The van der Waals surface area contributed by atoms with Crippen LogP contribution in [0.3, 0.4) is 0 Å². The predicted molar refractivity (Wildman–Crippen MR) is 90.3 cm³/mol. The molecule has 2 rings (SSSR count). The van der Waals surface area contributed by atoms with Crippen LogP contribution < -0.4 is 11.3 Å². The van der Waals surface area contributed by atoms with Crippen LogP contribution in [0.5, 0.6) is 0 Å². The van der Waals surface area contributed by atoms with E-state index in [4.69, 9.17) is 17.4 Å². The molecule has 4 nitrogen and oxygen atoms in total. The summed E-state index contributed by atoms with van der Waals surface area (Å²) >= 11 is 9.84. The number of benzene rings is 1. The van der Waals surface area contributed by atoms with Gasteiger partial charge in [0.1, 0.15) is 0 Å². The van der Waals surface area contributed by atoms with Gasteiger partial charge in [-0.3, -0.25) is 16.0 Å². The van der Waals surface area contributed by atoms with Crippen molar-refractivity contribution in [3.05, 3.63) is 50.2 Å². The van der Waals surface area contributed by atoms with Crippen LogP contribution in [-0.4, -0.2) is 9.78 Å². The fourth-order valence-electron chi connectivity index (χ4n) is 2.52. The Kier molecular flexibility index (Phi) is 5.43. The van der Waals surface area contributed by atoms with E-state index in [1.54, 1.807) is 0 Å². The van der Waals surface area contributed by atoms with E-state index in [0.29, 0.717) is 0 Å². The zero-order valence-corrected chi connectivity index (χ0v) is 14.8. The summed E-state index contributed by atoms with van der Waals surface area (Å²) in [7, 11) is 0. The van der Waals surface area contributed by atoms with Crippen LogP contribution in [-0.2, 0) is 13.0 Å². The lowest BCUT2D eigenvalue weighted by atomic mass is 9.98. The summed E-state index contributed by atoms with van der Waals surface area (Å²) in [5.74, 6) is 5.78. The molecule has 3 N–H and O–H groups in total. The summed E-state index contributed by atoms with van der Waals surface area (Å²) in [6, 6.07) is 5.89. The van der Waals surface area contributed by atoms with Crippen molar-refractivity contribution in [2.45, 2.75) is 39.8 Å². The molecule has 0 aliphatic heterocycles. The highest BCUT2D eigenvalue weighted by molar-refractivity contribution is 9.10. The molecule has 1 unspecified atom stereocenters. The summed E-state index contributed by atoms with van der Waals surface area (Å²) in [5, 5.41) is 5.28. The molecule has 1 atom stereocenters. The van der Waals surface area contributed by atoms with Crippen molar-refractivity contribution in [1.29, 1.82) is 0 Å². The molecule has 0 amide bonds. The van der Waals surface area contributed by atoms with Crippen molar-refractivity contribution in [1.82, 2.24) is 15.2 Å². The molecular formula is C15H20BrClN4. The van der Waals surface area contributed by atoms with Gasteiger partial charge < -0.3 is 0 Å². The smallest absolute Gasteiger partial charge is 0.0738 e. The second kappa shape index (κ2) is 6.92. The number of nitrogens with two attached hydrogens (primary N) is 1. The standard InChI is InChI=1S/C15H20BrClN4/c1-4-21-14(15(16)10(3)20-21)8-13(19-18)11-6-5-7-12(17)9(11)2/h5-7,13,19H,4,8,18H2,1-3H3. The Morgan fingerprint density at radius 1 is 1.43 bits per heavy atom. The van der Waals surface area contributed by atoms with Gasteiger partial charge in [-0.2, -0.15) is 5.10 Å². The minimum atomic E-state index is -0.0126. The highest BCUT2D eigenvalue weighted by Crippen LogP contribution is 2.29. The fraction of sp³-hybridized carbons (Fsp3) is 0.400. The molecule has 0 radical (unpaired) electrons. The minimum Gasteiger partial charge on any atom is -0.271 e. The maximum atomic E-state index is 6.22. The Bertz CT molecular complexity index is 639. The lowest BCUT2D eigenvalue weighted by molar-refractivity contribution is 0.514. The molecule has 0 fully saturated rings. The molecule has 2 aromatic rings. The molecule has 6 heteroatoms. The number of aromatic nitrogens is 2. The molecule has 1 heterocycles. The monoisotopic (exact) mass is 370 g/mol. The van der Waals surface area contributed by atoms with E-state index in [-0.39, 0.29) is 6.04 Å². The maximum absolute atomic E-state index is 6.22. The van der Waals surface area contributed by atoms with Crippen molar-refractivity contribution in [2.24, 2.45) is 5.84 Å². The molecule has 0 saturated heterocycles. The quantitative estimate of drug-likeness (QED) is 0.622. The van der Waals surface area contributed by atoms with Crippen LogP contribution in [0.15, 0.2) is 22.7 Å². The fourth-order valence-corrected chi connectivity index (χ4v) is 3.15. The summed E-state index contributed by atoms with van der Waals surface area (Å²) in [4.78, 5) is 0. The van der Waals surface area contributed by atoms with Crippen molar-refractivity contribution in [3.63, 3.8) is 0 Å². The number of hydrazine groups is 1. The van der Waals surface area contributed by atoms with Crippen molar-refractivity contribution in [2.75, 3.05) is 0 Å². The molecule has 0 bridgehead atoms. The number of rotatable bonds is 5. The zero-order valence-electron chi connectivity index (χ0n) is 12.5. The van der Waals surface area contributed by atoms with Gasteiger partial charge in [-0.05, 0) is 53.9 Å². The third-order valence-electron chi connectivity index (χ3n) is 3.74. The predicted octanol–water partition coefficient (Wildman–Crippen LogP) is 3.68. The van der Waals surface area contributed by atoms with Crippen LogP contribution in [0, 0.1) is 13.8 Å². The molecule has 0 aliphatic carbocycles. The van der Waals surface area contributed by atoms with Crippen molar-refractivity contribution < 1.29 is 0 Å². The summed E-state index contributed by atoms with van der Waals surface area (Å²) in [6.45, 7) is 6.92. The molecule has 1 aromatic carbocycles. The average molecular weight is 372 g/mol. The molecular weight excluding hydrogens is 352 g/mol. The highest BCUT2D eigenvalue weighted by atomic mass is 79.9. The SMILES string of the molecule is CCn1nc(C)c(Br)c1CC(NN)c1cccc(Cl)c1C. The van der Waals surface area contributed by atoms with E-state index in [1.807, 2.05) is 30.7 Å². The minimum absolute atomic E-state index is 0.0126. The lowest BCUT2D eigenvalue weighted by Gasteiger charge is -2.20. The molecule has 0 saturated carbocycles. The van der Waals surface area contributed by atoms with E-state index in [0.717, 1.165) is 45.0 Å². The summed E-state index contributed by atoms with van der Waals surface area (Å²) in [5.41, 5.74) is 7.19. The topological polar surface area (TPSA) is 55.9 Å². The number of hydrogen-bond acceptors (Lipinski definition) is 3. The average Bonchev–Trinajstić information content (AvgIpc) is 2.75. The van der Waals surface area contributed by atoms with Gasteiger partial charge in [0.25, 0.3) is 0 Å². The van der Waals surface area contributed by atoms with Gasteiger partial charge in [-0.1, -0.05) is 23.7 Å². The van der Waals surface area contributed by atoms with Gasteiger partial charge in [-0.25, -0.2) is 0 Å². The Morgan fingerprint density at radius 2 is 2.14 bits per heavy atom. The van der Waals surface area contributed by atoms with E-state index < -0.39 is 0 Å². The zero-order chi connectivity index (χ0) is 15.6. The number of nitrogens with one attached hydrogen (secondary N) is 1. The Balaban J connectivity index is 2.38. The second-order valence-electron chi connectivity index (χ2n) is 5.04. The van der Waals surface area contributed by atoms with Gasteiger partial charge in [0.05, 0.1) is 21.9 Å². The van der Waals surface area contributed by atoms with Crippen LogP contribution in [0.1, 0.15) is 35.5 Å². The normalized spacial score (nSPS) is 12.7. The Labute approximate surface area is 138 Å². The van der Waals surface area contributed by atoms with Gasteiger partial charge in [0.2, 0.25) is 0 Å². The second-order valence-corrected chi connectivity index (χ2v) is 6.24. The Morgan fingerprint density at radius 3 is 2.76 bits per heavy atom. The van der Waals surface area contributed by atoms with Crippen molar-refractivity contribution in [3.8, 4) is 0 Å². The highest BCUT2D eigenvalue weighted by Gasteiger charge is 2.20. The molecule has 0 aliphatic rings. The van der Waals surface area contributed by atoms with Crippen LogP contribution in [0.25, 0.3) is 0 Å². The maximum Gasteiger partial charge on any atom is 0.0738 e. The molecule has 114 valence electrons. The molecule has 21 heavy (non-hydrogen) atoms. The first-order valence-electron chi connectivity index (χ1n) is 6.92. The number of nitrogens with zero attached hydrogens (tertiary/aromatic N) is 2. The van der Waals surface area contributed by atoms with E-state index >= 15 is 0 Å². The summed E-state index contributed by atoms with van der Waals surface area (Å²) < 4.78 is 3.05. The first kappa shape index (κ1) is 16.5. The van der Waals surface area contributed by atoms with E-state index in [1.165, 1.54) is 0 Å². The van der Waals surface area contributed by atoms with Crippen LogP contribution in [0.4, 0.5) is 0 Å². The van der Waals surface area contributed by atoms with Crippen LogP contribution in [0.2, 0.25) is 5.02 Å². The van der Waals surface area contributed by atoms with Crippen molar-refractivity contribution >= 4 is 27.5 Å². The molecule has 1 aromatic heterocycles.